The normalized spacial score (nSPS) is 12.6. The Morgan fingerprint density at radius 2 is 2.08 bits per heavy atom. The molecule has 1 aromatic carbocycles. The Kier molecular flexibility index (Phi) is 5.60. The number of hydrogen-bond acceptors (Lipinski definition) is 5. The van der Waals surface area contributed by atoms with E-state index in [0.717, 1.165) is 10.5 Å². The van der Waals surface area contributed by atoms with Crippen molar-refractivity contribution in [3.05, 3.63) is 51.7 Å². The van der Waals surface area contributed by atoms with Crippen LogP contribution >= 0.6 is 22.7 Å². The van der Waals surface area contributed by atoms with E-state index in [9.17, 15) is 4.79 Å². The van der Waals surface area contributed by atoms with E-state index < -0.39 is 0 Å². The zero-order chi connectivity index (χ0) is 16.9. The van der Waals surface area contributed by atoms with Crippen LogP contribution in [0.1, 0.15) is 22.3 Å². The van der Waals surface area contributed by atoms with E-state index >= 15 is 0 Å². The van der Waals surface area contributed by atoms with Gasteiger partial charge in [-0.25, -0.2) is 4.98 Å². The third-order valence-electron chi connectivity index (χ3n) is 3.89. The zero-order valence-corrected chi connectivity index (χ0v) is 15.5. The molecule has 126 valence electrons. The lowest BCUT2D eigenvalue weighted by Gasteiger charge is -2.23. The van der Waals surface area contributed by atoms with Crippen molar-refractivity contribution in [2.24, 2.45) is 0 Å². The lowest BCUT2D eigenvalue weighted by atomic mass is 10.2. The third kappa shape index (κ3) is 4.20. The molecule has 0 aliphatic carbocycles. The number of nitrogens with zero attached hydrogens (tertiary/aromatic N) is 2. The van der Waals surface area contributed by atoms with Crippen LogP contribution in [0.3, 0.4) is 0 Å². The highest BCUT2D eigenvalue weighted by atomic mass is 32.1. The molecule has 0 aliphatic rings. The average Bonchev–Trinajstić information content (AvgIpc) is 3.22. The van der Waals surface area contributed by atoms with E-state index in [2.05, 4.69) is 32.7 Å². The maximum absolute atomic E-state index is 12.2. The van der Waals surface area contributed by atoms with Gasteiger partial charge in [0, 0.05) is 24.3 Å². The number of hydrogen-bond donors (Lipinski definition) is 1. The second-order valence-corrected chi connectivity index (χ2v) is 7.97. The minimum atomic E-state index is 0.0812. The fourth-order valence-electron chi connectivity index (χ4n) is 2.56. The van der Waals surface area contributed by atoms with Crippen LogP contribution in [-0.4, -0.2) is 36.4 Å². The van der Waals surface area contributed by atoms with Crippen LogP contribution in [0, 0.1) is 0 Å². The van der Waals surface area contributed by atoms with E-state index in [1.165, 1.54) is 9.58 Å². The minimum absolute atomic E-state index is 0.0812. The van der Waals surface area contributed by atoms with Gasteiger partial charge >= 0.3 is 0 Å². The molecule has 0 spiro atoms. The second-order valence-electron chi connectivity index (χ2n) is 5.87. The standard InChI is InChI=1S/C18H21N3OS2/c1-21(2)14(16-8-5-11-23-16)12-19-17(22)9-10-18-20-13-6-3-4-7-15(13)24-18/h3-8,11,14H,9-10,12H2,1-2H3,(H,19,22)/t14-/m1/s1. The molecule has 4 nitrogen and oxygen atoms in total. The minimum Gasteiger partial charge on any atom is -0.354 e. The summed E-state index contributed by atoms with van der Waals surface area (Å²) < 4.78 is 1.18. The Balaban J connectivity index is 1.51. The molecular formula is C18H21N3OS2. The van der Waals surface area contributed by atoms with E-state index in [4.69, 9.17) is 0 Å². The topological polar surface area (TPSA) is 45.2 Å². The van der Waals surface area contributed by atoms with Crippen molar-refractivity contribution in [1.29, 1.82) is 0 Å². The predicted molar refractivity (Wildman–Crippen MR) is 102 cm³/mol. The molecule has 3 aromatic rings. The summed E-state index contributed by atoms with van der Waals surface area (Å²) in [6, 6.07) is 12.5. The summed E-state index contributed by atoms with van der Waals surface area (Å²) in [6.45, 7) is 0.631. The molecule has 0 bridgehead atoms. The van der Waals surface area contributed by atoms with Gasteiger partial charge in [-0.05, 0) is 37.7 Å². The summed E-state index contributed by atoms with van der Waals surface area (Å²) >= 11 is 3.39. The molecule has 2 aromatic heterocycles. The molecule has 0 fully saturated rings. The first-order valence-corrected chi connectivity index (χ1v) is 9.64. The molecule has 1 amide bonds. The van der Waals surface area contributed by atoms with E-state index in [-0.39, 0.29) is 11.9 Å². The number of thiophene rings is 1. The molecule has 1 atom stereocenters. The van der Waals surface area contributed by atoms with Gasteiger partial charge in [0.25, 0.3) is 0 Å². The van der Waals surface area contributed by atoms with Gasteiger partial charge in [-0.3, -0.25) is 4.79 Å². The largest absolute Gasteiger partial charge is 0.354 e. The summed E-state index contributed by atoms with van der Waals surface area (Å²) in [5, 5.41) is 6.15. The van der Waals surface area contributed by atoms with Crippen LogP contribution < -0.4 is 5.32 Å². The summed E-state index contributed by atoms with van der Waals surface area (Å²) in [5.74, 6) is 0.0812. The van der Waals surface area contributed by atoms with Gasteiger partial charge in [-0.1, -0.05) is 18.2 Å². The second kappa shape index (κ2) is 7.88. The molecule has 0 radical (unpaired) electrons. The van der Waals surface area contributed by atoms with Gasteiger partial charge in [0.15, 0.2) is 0 Å². The van der Waals surface area contributed by atoms with Crippen molar-refractivity contribution in [3.8, 4) is 0 Å². The Morgan fingerprint density at radius 3 is 2.79 bits per heavy atom. The fraction of sp³-hybridized carbons (Fsp3) is 0.333. The Hall–Kier alpha value is -1.76. The lowest BCUT2D eigenvalue weighted by Crippen LogP contribution is -2.34. The smallest absolute Gasteiger partial charge is 0.220 e. The number of nitrogens with one attached hydrogen (secondary N) is 1. The zero-order valence-electron chi connectivity index (χ0n) is 13.9. The average molecular weight is 360 g/mol. The number of rotatable bonds is 7. The summed E-state index contributed by atoms with van der Waals surface area (Å²) in [5.41, 5.74) is 1.02. The number of aromatic nitrogens is 1. The van der Waals surface area contributed by atoms with Crippen LogP contribution in [0.25, 0.3) is 10.2 Å². The molecule has 6 heteroatoms. The number of aryl methyl sites for hydroxylation is 1. The van der Waals surface area contributed by atoms with Gasteiger partial charge < -0.3 is 10.2 Å². The van der Waals surface area contributed by atoms with Crippen LogP contribution in [0.4, 0.5) is 0 Å². The summed E-state index contributed by atoms with van der Waals surface area (Å²) in [4.78, 5) is 20.2. The third-order valence-corrected chi connectivity index (χ3v) is 5.96. The van der Waals surface area contributed by atoms with Gasteiger partial charge in [0.1, 0.15) is 0 Å². The Labute approximate surface area is 150 Å². The van der Waals surface area contributed by atoms with Crippen LogP contribution in [0.2, 0.25) is 0 Å². The molecular weight excluding hydrogens is 338 g/mol. The molecule has 2 heterocycles. The Morgan fingerprint density at radius 1 is 1.25 bits per heavy atom. The van der Waals surface area contributed by atoms with Crippen molar-refractivity contribution in [1.82, 2.24) is 15.2 Å². The fourth-order valence-corrected chi connectivity index (χ4v) is 4.45. The first kappa shape index (κ1) is 17.1. The summed E-state index contributed by atoms with van der Waals surface area (Å²) in [7, 11) is 4.08. The van der Waals surface area contributed by atoms with Crippen molar-refractivity contribution < 1.29 is 4.79 Å². The monoisotopic (exact) mass is 359 g/mol. The summed E-state index contributed by atoms with van der Waals surface area (Å²) in [6.07, 6.45) is 1.17. The van der Waals surface area contributed by atoms with Gasteiger partial charge in [-0.2, -0.15) is 0 Å². The predicted octanol–water partition coefficient (Wildman–Crippen LogP) is 3.71. The first-order valence-electron chi connectivity index (χ1n) is 7.94. The van der Waals surface area contributed by atoms with E-state index in [0.29, 0.717) is 19.4 Å². The maximum atomic E-state index is 12.2. The lowest BCUT2D eigenvalue weighted by molar-refractivity contribution is -0.121. The molecule has 0 saturated heterocycles. The quantitative estimate of drug-likeness (QED) is 0.699. The number of benzene rings is 1. The highest BCUT2D eigenvalue weighted by Gasteiger charge is 2.16. The molecule has 1 N–H and O–H groups in total. The van der Waals surface area contributed by atoms with Gasteiger partial charge in [-0.15, -0.1) is 22.7 Å². The molecule has 0 saturated carbocycles. The van der Waals surface area contributed by atoms with E-state index in [1.807, 2.05) is 38.4 Å². The highest BCUT2D eigenvalue weighted by Crippen LogP contribution is 2.23. The van der Waals surface area contributed by atoms with Gasteiger partial charge in [0.2, 0.25) is 5.91 Å². The molecule has 0 unspecified atom stereocenters. The van der Waals surface area contributed by atoms with Crippen LogP contribution in [0.5, 0.6) is 0 Å². The first-order chi connectivity index (χ1) is 11.6. The number of fused-ring (bicyclic) bond motifs is 1. The van der Waals surface area contributed by atoms with Gasteiger partial charge in [0.05, 0.1) is 21.3 Å². The molecule has 3 rings (SSSR count). The number of carbonyl (C=O) groups is 1. The Bertz CT molecular complexity index is 763. The molecule has 24 heavy (non-hydrogen) atoms. The number of likely N-dealkylation sites (N-methyl/N-ethyl adjacent to an activating group) is 1. The number of carbonyl (C=O) groups excluding carboxylic acids is 1. The van der Waals surface area contributed by atoms with Crippen molar-refractivity contribution in [2.45, 2.75) is 18.9 Å². The molecule has 0 aliphatic heterocycles. The number of para-hydroxylation sites is 1. The maximum Gasteiger partial charge on any atom is 0.220 e. The highest BCUT2D eigenvalue weighted by molar-refractivity contribution is 7.18. The van der Waals surface area contributed by atoms with Crippen molar-refractivity contribution >= 4 is 38.8 Å². The van der Waals surface area contributed by atoms with E-state index in [1.54, 1.807) is 22.7 Å². The SMILES string of the molecule is CN(C)[C@H](CNC(=O)CCc1nc2ccccc2s1)c1cccs1. The van der Waals surface area contributed by atoms with Crippen LogP contribution in [-0.2, 0) is 11.2 Å². The van der Waals surface area contributed by atoms with Crippen molar-refractivity contribution in [3.63, 3.8) is 0 Å². The number of amides is 1. The van der Waals surface area contributed by atoms with Crippen molar-refractivity contribution in [2.75, 3.05) is 20.6 Å². The van der Waals surface area contributed by atoms with Crippen LogP contribution in [0.15, 0.2) is 41.8 Å². The number of thiazole rings is 1.